The summed E-state index contributed by atoms with van der Waals surface area (Å²) >= 11 is 0. The van der Waals surface area contributed by atoms with Crippen LogP contribution in [-0.4, -0.2) is 41.2 Å². The van der Waals surface area contributed by atoms with E-state index in [0.29, 0.717) is 0 Å². The van der Waals surface area contributed by atoms with E-state index in [2.05, 4.69) is 51.4 Å². The Balaban J connectivity index is 0.00000256. The highest BCUT2D eigenvalue weighted by molar-refractivity contribution is 4.97. The molecule has 0 aromatic rings. The van der Waals surface area contributed by atoms with Gasteiger partial charge in [0.15, 0.2) is 5.88 Å². The lowest BCUT2D eigenvalue weighted by atomic mass is 9.99. The minimum atomic E-state index is -0.174. The molecule has 1 aliphatic heterocycles. The highest BCUT2D eigenvalue weighted by Gasteiger charge is 2.31. The third-order valence-electron chi connectivity index (χ3n) is 2.88. The summed E-state index contributed by atoms with van der Waals surface area (Å²) < 4.78 is 5.87. The Morgan fingerprint density at radius 3 is 2.41 bits per heavy atom. The van der Waals surface area contributed by atoms with E-state index in [1.54, 1.807) is 0 Å². The lowest BCUT2D eigenvalue weighted by molar-refractivity contribution is -0.0228. The fraction of sp³-hybridized carbons (Fsp3) is 0.846. The molecule has 3 N–H and O–H groups in total. The van der Waals surface area contributed by atoms with Crippen LogP contribution in [0.25, 0.3) is 0 Å². The van der Waals surface area contributed by atoms with Crippen molar-refractivity contribution in [3.05, 3.63) is 12.5 Å². The maximum absolute atomic E-state index is 5.87. The van der Waals surface area contributed by atoms with Gasteiger partial charge in [0.2, 0.25) is 0 Å². The lowest BCUT2D eigenvalue weighted by Crippen LogP contribution is -2.45. The molecule has 1 rings (SSSR count). The smallest absolute Gasteiger partial charge is 0.182 e. The summed E-state index contributed by atoms with van der Waals surface area (Å²) in [7, 11) is 0. The summed E-state index contributed by atoms with van der Waals surface area (Å²) in [6.45, 7) is 17.8. The molecule has 0 amide bonds. The second kappa shape index (κ2) is 5.74. The molecule has 17 heavy (non-hydrogen) atoms. The van der Waals surface area contributed by atoms with E-state index in [-0.39, 0.29) is 16.6 Å². The van der Waals surface area contributed by atoms with Crippen molar-refractivity contribution in [1.82, 2.24) is 10.2 Å². The van der Waals surface area contributed by atoms with E-state index < -0.39 is 0 Å². The minimum Gasteiger partial charge on any atom is -0.474 e. The van der Waals surface area contributed by atoms with Crippen molar-refractivity contribution in [2.75, 3.05) is 19.6 Å². The highest BCUT2D eigenvalue weighted by Crippen LogP contribution is 2.26. The Morgan fingerprint density at radius 1 is 1.29 bits per heavy atom. The fourth-order valence-electron chi connectivity index (χ4n) is 2.02. The van der Waals surface area contributed by atoms with Gasteiger partial charge in [-0.3, -0.25) is 0 Å². The molecule has 0 atom stereocenters. The van der Waals surface area contributed by atoms with Crippen LogP contribution in [0.3, 0.4) is 0 Å². The van der Waals surface area contributed by atoms with Gasteiger partial charge in [0.05, 0.1) is 0 Å². The molecular weight excluding hydrogens is 216 g/mol. The van der Waals surface area contributed by atoms with Crippen LogP contribution < -0.4 is 5.32 Å². The van der Waals surface area contributed by atoms with Gasteiger partial charge in [-0.15, -0.1) is 0 Å². The Bertz CT molecular complexity index is 257. The third-order valence-corrected chi connectivity index (χ3v) is 2.88. The Kier molecular flexibility index (Phi) is 5.49. The lowest BCUT2D eigenvalue weighted by Gasteiger charge is -2.41. The summed E-state index contributed by atoms with van der Waals surface area (Å²) in [5.74, 6) is 0.793. The van der Waals surface area contributed by atoms with Crippen molar-refractivity contribution in [3.63, 3.8) is 0 Å². The summed E-state index contributed by atoms with van der Waals surface area (Å²) in [6, 6.07) is 0. The van der Waals surface area contributed by atoms with Crippen molar-refractivity contribution in [1.29, 1.82) is 0 Å². The van der Waals surface area contributed by atoms with Crippen LogP contribution in [0.15, 0.2) is 12.5 Å². The SMILES string of the molecule is C=C(OC(C)(C)C)N1CCNCCC1(C)C.O. The van der Waals surface area contributed by atoms with Crippen LogP contribution in [-0.2, 0) is 4.74 Å². The number of hydrogen-bond acceptors (Lipinski definition) is 3. The van der Waals surface area contributed by atoms with Crippen LogP contribution in [0, 0.1) is 0 Å². The fourth-order valence-corrected chi connectivity index (χ4v) is 2.02. The predicted molar refractivity (Wildman–Crippen MR) is 71.9 cm³/mol. The average Bonchev–Trinajstić information content (AvgIpc) is 2.22. The first-order valence-corrected chi connectivity index (χ1v) is 6.09. The van der Waals surface area contributed by atoms with Gasteiger partial charge in [-0.05, 0) is 54.2 Å². The van der Waals surface area contributed by atoms with E-state index in [1.165, 1.54) is 0 Å². The Labute approximate surface area is 105 Å². The molecule has 1 saturated heterocycles. The number of rotatable bonds is 2. The van der Waals surface area contributed by atoms with E-state index in [0.717, 1.165) is 31.9 Å². The van der Waals surface area contributed by atoms with E-state index in [9.17, 15) is 0 Å². The molecular formula is C13H28N2O2. The molecule has 0 bridgehead atoms. The molecule has 0 spiro atoms. The summed E-state index contributed by atoms with van der Waals surface area (Å²) in [5.41, 5.74) is -0.0568. The van der Waals surface area contributed by atoms with Crippen LogP contribution in [0.4, 0.5) is 0 Å². The monoisotopic (exact) mass is 244 g/mol. The molecule has 0 aliphatic carbocycles. The van der Waals surface area contributed by atoms with E-state index in [4.69, 9.17) is 4.74 Å². The molecule has 1 heterocycles. The van der Waals surface area contributed by atoms with Gasteiger partial charge < -0.3 is 20.4 Å². The van der Waals surface area contributed by atoms with Gasteiger partial charge in [0.25, 0.3) is 0 Å². The second-order valence-electron chi connectivity index (χ2n) is 6.07. The van der Waals surface area contributed by atoms with E-state index >= 15 is 0 Å². The second-order valence-corrected chi connectivity index (χ2v) is 6.07. The zero-order valence-electron chi connectivity index (χ0n) is 11.9. The number of ether oxygens (including phenoxy) is 1. The molecule has 0 aromatic heterocycles. The first kappa shape index (κ1) is 16.3. The normalized spacial score (nSPS) is 20.2. The quantitative estimate of drug-likeness (QED) is 0.749. The molecule has 4 heteroatoms. The van der Waals surface area contributed by atoms with Crippen LogP contribution in [0.1, 0.15) is 41.0 Å². The van der Waals surface area contributed by atoms with Crippen LogP contribution in [0.5, 0.6) is 0 Å². The van der Waals surface area contributed by atoms with Gasteiger partial charge >= 0.3 is 0 Å². The molecule has 0 aromatic carbocycles. The summed E-state index contributed by atoms with van der Waals surface area (Å²) in [6.07, 6.45) is 1.11. The van der Waals surface area contributed by atoms with Crippen molar-refractivity contribution in [2.24, 2.45) is 0 Å². The Hall–Kier alpha value is -0.740. The number of nitrogens with zero attached hydrogens (tertiary/aromatic N) is 1. The van der Waals surface area contributed by atoms with Gasteiger partial charge in [-0.25, -0.2) is 0 Å². The van der Waals surface area contributed by atoms with Gasteiger partial charge in [-0.1, -0.05) is 0 Å². The molecule has 102 valence electrons. The van der Waals surface area contributed by atoms with Crippen molar-refractivity contribution in [2.45, 2.75) is 52.2 Å². The van der Waals surface area contributed by atoms with Crippen molar-refractivity contribution < 1.29 is 10.2 Å². The Morgan fingerprint density at radius 2 is 1.88 bits per heavy atom. The molecule has 0 unspecified atom stereocenters. The summed E-state index contributed by atoms with van der Waals surface area (Å²) in [4.78, 5) is 2.28. The standard InChI is InChI=1S/C13H26N2O.H2O/c1-11(16-12(2,3)4)15-10-9-14-8-7-13(15,5)6;/h14H,1,7-10H2,2-6H3;1H2. The average molecular weight is 244 g/mol. The maximum Gasteiger partial charge on any atom is 0.182 e. The maximum atomic E-state index is 5.87. The van der Waals surface area contributed by atoms with Gasteiger partial charge in [0, 0.05) is 18.6 Å². The minimum absolute atomic E-state index is 0. The molecule has 0 radical (unpaired) electrons. The topological polar surface area (TPSA) is 56.0 Å². The zero-order chi connectivity index (χ0) is 12.4. The highest BCUT2D eigenvalue weighted by atomic mass is 16.5. The largest absolute Gasteiger partial charge is 0.474 e. The van der Waals surface area contributed by atoms with E-state index in [1.807, 2.05) is 0 Å². The van der Waals surface area contributed by atoms with Crippen molar-refractivity contribution in [3.8, 4) is 0 Å². The first-order chi connectivity index (χ1) is 7.22. The number of hydrogen-bond donors (Lipinski definition) is 1. The molecule has 1 aliphatic rings. The predicted octanol–water partition coefficient (Wildman–Crippen LogP) is 1.52. The molecule has 0 saturated carbocycles. The van der Waals surface area contributed by atoms with Gasteiger partial charge in [0.1, 0.15) is 5.60 Å². The molecule has 4 nitrogen and oxygen atoms in total. The van der Waals surface area contributed by atoms with Gasteiger partial charge in [-0.2, -0.15) is 0 Å². The van der Waals surface area contributed by atoms with Crippen molar-refractivity contribution >= 4 is 0 Å². The molecule has 1 fully saturated rings. The summed E-state index contributed by atoms with van der Waals surface area (Å²) in [5, 5.41) is 3.41. The van der Waals surface area contributed by atoms with Crippen LogP contribution in [0.2, 0.25) is 0 Å². The first-order valence-electron chi connectivity index (χ1n) is 6.09. The third kappa shape index (κ3) is 4.96. The van der Waals surface area contributed by atoms with Crippen LogP contribution >= 0.6 is 0 Å². The number of nitrogens with one attached hydrogen (secondary N) is 1. The zero-order valence-corrected chi connectivity index (χ0v) is 11.9.